The second kappa shape index (κ2) is 8.38. The molecule has 0 aromatic heterocycles. The zero-order chi connectivity index (χ0) is 17.5. The molecule has 130 valence electrons. The van der Waals surface area contributed by atoms with Gasteiger partial charge in [0, 0.05) is 12.1 Å². The Bertz CT molecular complexity index is 730. The molecular weight excluding hydrogens is 316 g/mol. The van der Waals surface area contributed by atoms with E-state index in [9.17, 15) is 4.79 Å². The zero-order valence-electron chi connectivity index (χ0n) is 14.3. The van der Waals surface area contributed by atoms with Crippen molar-refractivity contribution < 1.29 is 19.0 Å². The molecule has 0 unspecified atom stereocenters. The average molecular weight is 338 g/mol. The largest absolute Gasteiger partial charge is 0.493 e. The Kier molecular flexibility index (Phi) is 5.73. The Balaban J connectivity index is 1.57. The summed E-state index contributed by atoms with van der Waals surface area (Å²) in [5, 5.41) is 0. The second-order valence-electron chi connectivity index (χ2n) is 5.99. The van der Waals surface area contributed by atoms with E-state index in [-0.39, 0.29) is 5.97 Å². The Morgan fingerprint density at radius 2 is 1.84 bits per heavy atom. The van der Waals surface area contributed by atoms with Crippen molar-refractivity contribution in [2.45, 2.75) is 19.8 Å². The van der Waals surface area contributed by atoms with Crippen LogP contribution in [0, 0.1) is 5.92 Å². The number of ether oxygens (including phenoxy) is 3. The van der Waals surface area contributed by atoms with Gasteiger partial charge in [-0.05, 0) is 61.6 Å². The van der Waals surface area contributed by atoms with Gasteiger partial charge in [-0.15, -0.1) is 0 Å². The lowest BCUT2D eigenvalue weighted by atomic mass is 10.2. The monoisotopic (exact) mass is 338 g/mol. The van der Waals surface area contributed by atoms with Crippen LogP contribution in [-0.2, 0) is 9.53 Å². The lowest BCUT2D eigenvalue weighted by Crippen LogP contribution is -1.98. The first-order valence-electron chi connectivity index (χ1n) is 8.58. The van der Waals surface area contributed by atoms with Crippen LogP contribution in [-0.4, -0.2) is 19.2 Å². The van der Waals surface area contributed by atoms with Crippen LogP contribution in [0.1, 0.15) is 25.3 Å². The molecule has 0 amide bonds. The Morgan fingerprint density at radius 3 is 2.56 bits per heavy atom. The predicted octanol–water partition coefficient (Wildman–Crippen LogP) is 4.84. The number of rotatable bonds is 8. The van der Waals surface area contributed by atoms with Gasteiger partial charge in [0.15, 0.2) is 0 Å². The van der Waals surface area contributed by atoms with E-state index in [4.69, 9.17) is 14.2 Å². The minimum atomic E-state index is -0.342. The van der Waals surface area contributed by atoms with E-state index in [0.29, 0.717) is 6.61 Å². The van der Waals surface area contributed by atoms with Crippen LogP contribution >= 0.6 is 0 Å². The molecule has 0 N–H and O–H groups in total. The van der Waals surface area contributed by atoms with Crippen LogP contribution in [0.5, 0.6) is 17.2 Å². The molecule has 0 atom stereocenters. The first-order chi connectivity index (χ1) is 12.2. The average Bonchev–Trinajstić information content (AvgIpc) is 3.45. The van der Waals surface area contributed by atoms with E-state index in [1.54, 1.807) is 13.0 Å². The lowest BCUT2D eigenvalue weighted by molar-refractivity contribution is -0.137. The summed E-state index contributed by atoms with van der Waals surface area (Å²) in [7, 11) is 0. The fraction of sp³-hybridized carbons (Fsp3) is 0.286. The van der Waals surface area contributed by atoms with Gasteiger partial charge in [0.25, 0.3) is 0 Å². The van der Waals surface area contributed by atoms with Gasteiger partial charge >= 0.3 is 5.97 Å². The lowest BCUT2D eigenvalue weighted by Gasteiger charge is -2.09. The molecule has 0 aliphatic heterocycles. The molecule has 25 heavy (non-hydrogen) atoms. The topological polar surface area (TPSA) is 44.8 Å². The SMILES string of the molecule is CCOC(=O)/C=C/c1ccc(Oc2cccc(OCC3CC3)c2)cc1. The maximum atomic E-state index is 11.3. The summed E-state index contributed by atoms with van der Waals surface area (Å²) in [5.74, 6) is 2.68. The van der Waals surface area contributed by atoms with Gasteiger partial charge < -0.3 is 14.2 Å². The van der Waals surface area contributed by atoms with Crippen LogP contribution in [0.4, 0.5) is 0 Å². The van der Waals surface area contributed by atoms with Crippen LogP contribution < -0.4 is 9.47 Å². The third kappa shape index (κ3) is 5.68. The van der Waals surface area contributed by atoms with Gasteiger partial charge in [-0.3, -0.25) is 0 Å². The highest BCUT2D eigenvalue weighted by molar-refractivity contribution is 5.87. The maximum absolute atomic E-state index is 11.3. The van der Waals surface area contributed by atoms with E-state index in [1.165, 1.54) is 18.9 Å². The van der Waals surface area contributed by atoms with E-state index in [2.05, 4.69) is 0 Å². The minimum Gasteiger partial charge on any atom is -0.493 e. The Morgan fingerprint density at radius 1 is 1.08 bits per heavy atom. The second-order valence-corrected chi connectivity index (χ2v) is 5.99. The summed E-state index contributed by atoms with van der Waals surface area (Å²) in [6, 6.07) is 15.2. The van der Waals surface area contributed by atoms with E-state index >= 15 is 0 Å². The van der Waals surface area contributed by atoms with E-state index in [1.807, 2.05) is 48.5 Å². The molecule has 1 aliphatic carbocycles. The number of esters is 1. The molecule has 3 rings (SSSR count). The maximum Gasteiger partial charge on any atom is 0.330 e. The standard InChI is InChI=1S/C21H22O4/c1-2-23-21(22)13-10-16-8-11-18(12-9-16)25-20-5-3-4-19(14-20)24-15-17-6-7-17/h3-5,8-14,17H,2,6-7,15H2,1H3/b13-10+. The molecule has 2 aromatic rings. The van der Waals surface area contributed by atoms with Crippen LogP contribution in [0.15, 0.2) is 54.6 Å². The summed E-state index contributed by atoms with van der Waals surface area (Å²) in [5.41, 5.74) is 0.905. The highest BCUT2D eigenvalue weighted by Crippen LogP contribution is 2.31. The van der Waals surface area contributed by atoms with Crippen molar-refractivity contribution >= 4 is 12.0 Å². The third-order valence-corrected chi connectivity index (χ3v) is 3.80. The highest BCUT2D eigenvalue weighted by atomic mass is 16.5. The van der Waals surface area contributed by atoms with Crippen molar-refractivity contribution in [3.63, 3.8) is 0 Å². The number of hydrogen-bond donors (Lipinski definition) is 0. The fourth-order valence-electron chi connectivity index (χ4n) is 2.26. The smallest absolute Gasteiger partial charge is 0.330 e. The third-order valence-electron chi connectivity index (χ3n) is 3.80. The first-order valence-corrected chi connectivity index (χ1v) is 8.58. The van der Waals surface area contributed by atoms with Crippen molar-refractivity contribution in [3.8, 4) is 17.2 Å². The number of carbonyl (C=O) groups is 1. The van der Waals surface area contributed by atoms with Crippen LogP contribution in [0.25, 0.3) is 6.08 Å². The van der Waals surface area contributed by atoms with Crippen LogP contribution in [0.3, 0.4) is 0 Å². The van der Waals surface area contributed by atoms with E-state index in [0.717, 1.165) is 35.3 Å². The highest BCUT2D eigenvalue weighted by Gasteiger charge is 2.21. The molecule has 4 heteroatoms. The number of carbonyl (C=O) groups excluding carboxylic acids is 1. The van der Waals surface area contributed by atoms with Gasteiger partial charge in [-0.2, -0.15) is 0 Å². The quantitative estimate of drug-likeness (QED) is 0.510. The normalized spacial score (nSPS) is 13.6. The Hall–Kier alpha value is -2.75. The molecule has 0 spiro atoms. The van der Waals surface area contributed by atoms with Crippen molar-refractivity contribution in [2.24, 2.45) is 5.92 Å². The van der Waals surface area contributed by atoms with Gasteiger partial charge in [-0.1, -0.05) is 18.2 Å². The Labute approximate surface area is 148 Å². The zero-order valence-corrected chi connectivity index (χ0v) is 14.3. The van der Waals surface area contributed by atoms with Gasteiger partial charge in [0.1, 0.15) is 17.2 Å². The summed E-state index contributed by atoms with van der Waals surface area (Å²) in [6.45, 7) is 2.94. The molecular formula is C21H22O4. The van der Waals surface area contributed by atoms with Crippen LogP contribution in [0.2, 0.25) is 0 Å². The first kappa shape index (κ1) is 17.1. The number of hydrogen-bond acceptors (Lipinski definition) is 4. The van der Waals surface area contributed by atoms with Crippen molar-refractivity contribution in [2.75, 3.05) is 13.2 Å². The summed E-state index contributed by atoms with van der Waals surface area (Å²) in [6.07, 6.45) is 5.68. The molecule has 1 saturated carbocycles. The van der Waals surface area contributed by atoms with Crippen molar-refractivity contribution in [3.05, 3.63) is 60.2 Å². The summed E-state index contributed by atoms with van der Waals surface area (Å²) in [4.78, 5) is 11.3. The van der Waals surface area contributed by atoms with E-state index < -0.39 is 0 Å². The molecule has 0 radical (unpaired) electrons. The number of benzene rings is 2. The minimum absolute atomic E-state index is 0.342. The van der Waals surface area contributed by atoms with Gasteiger partial charge in [0.2, 0.25) is 0 Å². The molecule has 0 saturated heterocycles. The van der Waals surface area contributed by atoms with Gasteiger partial charge in [-0.25, -0.2) is 4.79 Å². The van der Waals surface area contributed by atoms with Crippen molar-refractivity contribution in [1.29, 1.82) is 0 Å². The van der Waals surface area contributed by atoms with Gasteiger partial charge in [0.05, 0.1) is 13.2 Å². The predicted molar refractivity (Wildman–Crippen MR) is 96.8 cm³/mol. The molecule has 0 heterocycles. The molecule has 2 aromatic carbocycles. The fourth-order valence-corrected chi connectivity index (χ4v) is 2.26. The molecule has 0 bridgehead atoms. The van der Waals surface area contributed by atoms with Crippen molar-refractivity contribution in [1.82, 2.24) is 0 Å². The molecule has 1 aliphatic rings. The molecule has 4 nitrogen and oxygen atoms in total. The summed E-state index contributed by atoms with van der Waals surface area (Å²) >= 11 is 0. The molecule has 1 fully saturated rings. The summed E-state index contributed by atoms with van der Waals surface area (Å²) < 4.78 is 16.5.